The van der Waals surface area contributed by atoms with Crippen LogP contribution in [0.15, 0.2) is 36.5 Å². The highest BCUT2D eigenvalue weighted by molar-refractivity contribution is 5.82. The number of ether oxygens (including phenoxy) is 1. The number of esters is 1. The number of carbonyl (C=O) groups is 1. The summed E-state index contributed by atoms with van der Waals surface area (Å²) in [6, 6.07) is 0. The number of cyclic esters (lactones) is 1. The second-order valence-electron chi connectivity index (χ2n) is 4.33. The van der Waals surface area contributed by atoms with Crippen LogP contribution in [-0.4, -0.2) is 34.5 Å². The van der Waals surface area contributed by atoms with Crippen LogP contribution in [-0.2, 0) is 9.53 Å². The fraction of sp³-hybridized carbons (Fsp3) is 0.500. The predicted octanol–water partition coefficient (Wildman–Crippen LogP) is 1.49. The molecule has 1 aliphatic rings. The predicted molar refractivity (Wildman–Crippen MR) is 68.8 cm³/mol. The lowest BCUT2D eigenvalue weighted by molar-refractivity contribution is -0.142. The molecule has 0 saturated carbocycles. The summed E-state index contributed by atoms with van der Waals surface area (Å²) in [6.45, 7) is 1.84. The molecule has 1 heterocycles. The molecule has 0 aromatic heterocycles. The maximum absolute atomic E-state index is 11.4. The zero-order valence-electron chi connectivity index (χ0n) is 10.5. The van der Waals surface area contributed by atoms with Crippen molar-refractivity contribution >= 4 is 5.97 Å². The minimum atomic E-state index is -0.904. The second kappa shape index (κ2) is 7.84. The highest BCUT2D eigenvalue weighted by atomic mass is 16.5. The Morgan fingerprint density at radius 3 is 2.56 bits per heavy atom. The molecule has 0 saturated heterocycles. The summed E-state index contributed by atoms with van der Waals surface area (Å²) < 4.78 is 5.13. The van der Waals surface area contributed by atoms with Gasteiger partial charge in [0.1, 0.15) is 0 Å². The van der Waals surface area contributed by atoms with Crippen molar-refractivity contribution in [2.45, 2.75) is 44.5 Å². The first-order chi connectivity index (χ1) is 8.58. The van der Waals surface area contributed by atoms with Gasteiger partial charge in [0.25, 0.3) is 0 Å². The monoisotopic (exact) mass is 252 g/mol. The second-order valence-corrected chi connectivity index (χ2v) is 4.33. The summed E-state index contributed by atoms with van der Waals surface area (Å²) in [5.41, 5.74) is 0. The van der Waals surface area contributed by atoms with Crippen LogP contribution in [0.1, 0.15) is 26.2 Å². The number of carbonyl (C=O) groups excluding carboxylic acids is 1. The van der Waals surface area contributed by atoms with E-state index in [4.69, 9.17) is 4.74 Å². The molecular formula is C14H20O4. The zero-order valence-corrected chi connectivity index (χ0v) is 10.5. The molecule has 0 bridgehead atoms. The van der Waals surface area contributed by atoms with Crippen LogP contribution in [0.4, 0.5) is 0 Å². The van der Waals surface area contributed by atoms with E-state index in [2.05, 4.69) is 0 Å². The van der Waals surface area contributed by atoms with Gasteiger partial charge in [0.15, 0.2) is 0 Å². The lowest BCUT2D eigenvalue weighted by Crippen LogP contribution is -2.13. The Labute approximate surface area is 107 Å². The van der Waals surface area contributed by atoms with Gasteiger partial charge in [-0.1, -0.05) is 24.3 Å². The molecule has 4 nitrogen and oxygen atoms in total. The Balaban J connectivity index is 2.69. The molecule has 2 N–H and O–H groups in total. The van der Waals surface area contributed by atoms with Gasteiger partial charge in [-0.15, -0.1) is 0 Å². The van der Waals surface area contributed by atoms with Crippen molar-refractivity contribution in [3.63, 3.8) is 0 Å². The highest BCUT2D eigenvalue weighted by Crippen LogP contribution is 2.07. The van der Waals surface area contributed by atoms with Gasteiger partial charge < -0.3 is 14.9 Å². The summed E-state index contributed by atoms with van der Waals surface area (Å²) in [4.78, 5) is 11.4. The smallest absolute Gasteiger partial charge is 0.330 e. The first kappa shape index (κ1) is 14.7. The first-order valence-electron chi connectivity index (χ1n) is 6.18. The van der Waals surface area contributed by atoms with Crippen LogP contribution < -0.4 is 0 Å². The van der Waals surface area contributed by atoms with E-state index in [1.165, 1.54) is 24.3 Å². The molecule has 0 spiro atoms. The molecule has 0 amide bonds. The zero-order chi connectivity index (χ0) is 13.4. The van der Waals surface area contributed by atoms with Crippen molar-refractivity contribution in [2.75, 3.05) is 0 Å². The largest absolute Gasteiger partial charge is 0.460 e. The minimum Gasteiger partial charge on any atom is -0.460 e. The number of hydrogen-bond acceptors (Lipinski definition) is 4. The van der Waals surface area contributed by atoms with E-state index in [0.717, 1.165) is 19.3 Å². The van der Waals surface area contributed by atoms with Crippen LogP contribution in [0, 0.1) is 0 Å². The summed E-state index contributed by atoms with van der Waals surface area (Å²) in [5.74, 6) is -0.455. The summed E-state index contributed by atoms with van der Waals surface area (Å²) in [6.07, 6.45) is 9.74. The number of allylic oxidation sites excluding steroid dienone is 1. The van der Waals surface area contributed by atoms with E-state index in [1.54, 1.807) is 6.08 Å². The van der Waals surface area contributed by atoms with Crippen molar-refractivity contribution in [2.24, 2.45) is 0 Å². The van der Waals surface area contributed by atoms with Crippen LogP contribution >= 0.6 is 0 Å². The van der Waals surface area contributed by atoms with Crippen LogP contribution in [0.3, 0.4) is 0 Å². The number of aliphatic hydroxyl groups is 2. The van der Waals surface area contributed by atoms with Gasteiger partial charge in [0.2, 0.25) is 0 Å². The van der Waals surface area contributed by atoms with Gasteiger partial charge in [-0.2, -0.15) is 0 Å². The molecule has 3 atom stereocenters. The minimum absolute atomic E-state index is 0.143. The van der Waals surface area contributed by atoms with Gasteiger partial charge in [0.05, 0.1) is 18.3 Å². The third-order valence-electron chi connectivity index (χ3n) is 2.57. The van der Waals surface area contributed by atoms with Crippen molar-refractivity contribution in [3.8, 4) is 0 Å². The Kier molecular flexibility index (Phi) is 6.39. The van der Waals surface area contributed by atoms with E-state index >= 15 is 0 Å². The number of rotatable bonds is 0. The van der Waals surface area contributed by atoms with E-state index in [1.807, 2.05) is 13.0 Å². The maximum Gasteiger partial charge on any atom is 0.330 e. The molecule has 4 heteroatoms. The third kappa shape index (κ3) is 6.37. The molecule has 1 rings (SSSR count). The SMILES string of the molecule is CC1CCC/C=C/C(O)/C=C/C(O)/C=C/C(=O)O1. The molecule has 18 heavy (non-hydrogen) atoms. The first-order valence-corrected chi connectivity index (χ1v) is 6.18. The van der Waals surface area contributed by atoms with Crippen molar-refractivity contribution < 1.29 is 19.7 Å². The molecule has 3 unspecified atom stereocenters. The van der Waals surface area contributed by atoms with Crippen LogP contribution in [0.2, 0.25) is 0 Å². The van der Waals surface area contributed by atoms with Gasteiger partial charge in [-0.05, 0) is 32.3 Å². The Morgan fingerprint density at radius 2 is 1.83 bits per heavy atom. The molecule has 100 valence electrons. The number of hydrogen-bond donors (Lipinski definition) is 2. The molecule has 0 aromatic carbocycles. The molecule has 1 aliphatic heterocycles. The standard InChI is InChI=1S/C14H20O4/c1-11-5-3-2-4-6-12(15)7-8-13(16)9-10-14(17)18-11/h4,6-13,15-16H,2-3,5H2,1H3/b6-4+,8-7+,10-9+. The lowest BCUT2D eigenvalue weighted by atomic mass is 10.1. The van der Waals surface area contributed by atoms with Crippen LogP contribution in [0.5, 0.6) is 0 Å². The molecule has 0 fully saturated rings. The lowest BCUT2D eigenvalue weighted by Gasteiger charge is -2.11. The average Bonchev–Trinajstić information content (AvgIpc) is 2.32. The van der Waals surface area contributed by atoms with Gasteiger partial charge in [0, 0.05) is 6.08 Å². The maximum atomic E-state index is 11.4. The van der Waals surface area contributed by atoms with E-state index in [0.29, 0.717) is 0 Å². The van der Waals surface area contributed by atoms with E-state index in [-0.39, 0.29) is 6.10 Å². The summed E-state index contributed by atoms with van der Waals surface area (Å²) >= 11 is 0. The topological polar surface area (TPSA) is 66.8 Å². The van der Waals surface area contributed by atoms with Crippen molar-refractivity contribution in [1.82, 2.24) is 0 Å². The summed E-state index contributed by atoms with van der Waals surface area (Å²) in [7, 11) is 0. The summed E-state index contributed by atoms with van der Waals surface area (Å²) in [5, 5.41) is 19.0. The van der Waals surface area contributed by atoms with Crippen molar-refractivity contribution in [3.05, 3.63) is 36.5 Å². The molecule has 0 aromatic rings. The fourth-order valence-electron chi connectivity index (χ4n) is 1.59. The average molecular weight is 252 g/mol. The molecule has 0 aliphatic carbocycles. The molecular weight excluding hydrogens is 232 g/mol. The van der Waals surface area contributed by atoms with E-state index < -0.39 is 18.2 Å². The molecule has 0 radical (unpaired) electrons. The van der Waals surface area contributed by atoms with E-state index in [9.17, 15) is 15.0 Å². The quantitative estimate of drug-likeness (QED) is 0.506. The Bertz CT molecular complexity index is 344. The van der Waals surface area contributed by atoms with Crippen LogP contribution in [0.25, 0.3) is 0 Å². The van der Waals surface area contributed by atoms with Crippen molar-refractivity contribution in [1.29, 1.82) is 0 Å². The fourth-order valence-corrected chi connectivity index (χ4v) is 1.59. The Morgan fingerprint density at radius 1 is 1.17 bits per heavy atom. The number of aliphatic hydroxyl groups excluding tert-OH is 2. The highest BCUT2D eigenvalue weighted by Gasteiger charge is 2.07. The Hall–Kier alpha value is -1.39. The normalized spacial score (nSPS) is 36.2. The van der Waals surface area contributed by atoms with Gasteiger partial charge in [-0.3, -0.25) is 0 Å². The van der Waals surface area contributed by atoms with Gasteiger partial charge >= 0.3 is 5.97 Å². The third-order valence-corrected chi connectivity index (χ3v) is 2.57. The van der Waals surface area contributed by atoms with Gasteiger partial charge in [-0.25, -0.2) is 4.79 Å².